The topological polar surface area (TPSA) is 86.6 Å². The Kier molecular flexibility index (Phi) is 6.96. The summed E-state index contributed by atoms with van der Waals surface area (Å²) in [7, 11) is 3.10. The van der Waals surface area contributed by atoms with Gasteiger partial charge in [0.05, 0.1) is 7.11 Å². The second-order valence-electron chi connectivity index (χ2n) is 8.02. The first-order chi connectivity index (χ1) is 16.9. The van der Waals surface area contributed by atoms with Gasteiger partial charge >= 0.3 is 5.97 Å². The third-order valence-corrected chi connectivity index (χ3v) is 5.83. The average Bonchev–Trinajstić information content (AvgIpc) is 2.89. The second kappa shape index (κ2) is 10.3. The molecule has 0 saturated carbocycles. The van der Waals surface area contributed by atoms with Crippen molar-refractivity contribution in [2.24, 2.45) is 7.05 Å². The van der Waals surface area contributed by atoms with Crippen LogP contribution in [-0.2, 0) is 16.6 Å². The number of nitrogens with zero attached hydrogens (tertiary/aromatic N) is 1. The van der Waals surface area contributed by atoms with E-state index in [0.717, 1.165) is 5.56 Å². The molecule has 4 aromatic rings. The maximum Gasteiger partial charge on any atom is 0.356 e. The van der Waals surface area contributed by atoms with E-state index in [1.807, 2.05) is 42.5 Å². The van der Waals surface area contributed by atoms with E-state index in [0.29, 0.717) is 27.8 Å². The molecular formula is C28H26N2O5. The van der Waals surface area contributed by atoms with Crippen LogP contribution in [0.25, 0.3) is 21.9 Å². The summed E-state index contributed by atoms with van der Waals surface area (Å²) < 4.78 is 12.1. The summed E-state index contributed by atoms with van der Waals surface area (Å²) in [6, 6.07) is 23.3. The molecule has 0 fully saturated rings. The molecule has 3 aromatic carbocycles. The highest BCUT2D eigenvalue weighted by molar-refractivity contribution is 6.07. The zero-order valence-corrected chi connectivity index (χ0v) is 19.8. The van der Waals surface area contributed by atoms with E-state index >= 15 is 0 Å². The number of nitrogens with one attached hydrogen (secondary N) is 1. The van der Waals surface area contributed by atoms with Crippen LogP contribution in [0.4, 0.5) is 5.69 Å². The number of fused-ring (bicyclic) bond motifs is 1. The number of esters is 1. The number of hydrogen-bond donors (Lipinski definition) is 1. The van der Waals surface area contributed by atoms with Crippen LogP contribution in [0.2, 0.25) is 0 Å². The predicted octanol–water partition coefficient (Wildman–Crippen LogP) is 4.79. The average molecular weight is 471 g/mol. The van der Waals surface area contributed by atoms with E-state index in [-0.39, 0.29) is 17.7 Å². The van der Waals surface area contributed by atoms with Gasteiger partial charge in [0.15, 0.2) is 6.10 Å². The molecule has 1 aromatic heterocycles. The van der Waals surface area contributed by atoms with E-state index in [9.17, 15) is 14.4 Å². The largest absolute Gasteiger partial charge is 0.497 e. The molecule has 1 heterocycles. The maximum absolute atomic E-state index is 13.5. The third kappa shape index (κ3) is 4.80. The van der Waals surface area contributed by atoms with Gasteiger partial charge in [0.25, 0.3) is 11.5 Å². The summed E-state index contributed by atoms with van der Waals surface area (Å²) in [5.41, 5.74) is 1.67. The molecule has 7 nitrogen and oxygen atoms in total. The van der Waals surface area contributed by atoms with Gasteiger partial charge in [0, 0.05) is 23.7 Å². The number of carbonyl (C=O) groups is 2. The number of carbonyl (C=O) groups excluding carboxylic acids is 2. The van der Waals surface area contributed by atoms with Crippen LogP contribution < -0.4 is 15.6 Å². The fourth-order valence-corrected chi connectivity index (χ4v) is 4.01. The van der Waals surface area contributed by atoms with Crippen LogP contribution in [0.5, 0.6) is 5.75 Å². The molecule has 1 amide bonds. The molecule has 0 saturated heterocycles. The number of aromatic nitrogens is 1. The van der Waals surface area contributed by atoms with Crippen molar-refractivity contribution in [3.63, 3.8) is 0 Å². The van der Waals surface area contributed by atoms with Crippen molar-refractivity contribution in [2.75, 3.05) is 12.4 Å². The highest BCUT2D eigenvalue weighted by Crippen LogP contribution is 2.31. The first-order valence-electron chi connectivity index (χ1n) is 11.3. The van der Waals surface area contributed by atoms with E-state index in [1.54, 1.807) is 50.4 Å². The van der Waals surface area contributed by atoms with Gasteiger partial charge in [-0.25, -0.2) is 4.79 Å². The molecule has 0 spiro atoms. The normalized spacial score (nSPS) is 11.6. The van der Waals surface area contributed by atoms with Crippen LogP contribution in [0.3, 0.4) is 0 Å². The number of anilines is 1. The van der Waals surface area contributed by atoms with Crippen LogP contribution in [0.15, 0.2) is 83.7 Å². The molecule has 178 valence electrons. The SMILES string of the molecule is CCC(OC(=O)c1c(-c2ccccc2)c2ccccc2c(=O)n1C)C(=O)Nc1ccc(OC)cc1. The lowest BCUT2D eigenvalue weighted by Gasteiger charge is -2.20. The Morgan fingerprint density at radius 3 is 2.17 bits per heavy atom. The lowest BCUT2D eigenvalue weighted by Crippen LogP contribution is -2.34. The Balaban J connectivity index is 1.71. The highest BCUT2D eigenvalue weighted by atomic mass is 16.5. The van der Waals surface area contributed by atoms with Gasteiger partial charge in [0.2, 0.25) is 0 Å². The van der Waals surface area contributed by atoms with E-state index in [1.165, 1.54) is 11.6 Å². The standard InChI is InChI=1S/C28H26N2O5/c1-4-23(26(31)29-19-14-16-20(34-3)17-15-19)35-28(33)25-24(18-10-6-5-7-11-18)21-12-8-9-13-22(21)27(32)30(25)2/h5-17,23H,4H2,1-3H3,(H,29,31). The Labute approximate surface area is 202 Å². The monoisotopic (exact) mass is 470 g/mol. The second-order valence-corrected chi connectivity index (χ2v) is 8.02. The Bertz CT molecular complexity index is 1430. The summed E-state index contributed by atoms with van der Waals surface area (Å²) in [4.78, 5) is 39.5. The van der Waals surface area contributed by atoms with E-state index < -0.39 is 18.0 Å². The number of ether oxygens (including phenoxy) is 2. The predicted molar refractivity (Wildman–Crippen MR) is 136 cm³/mol. The molecule has 0 aliphatic heterocycles. The van der Waals surface area contributed by atoms with E-state index in [4.69, 9.17) is 9.47 Å². The number of pyridine rings is 1. The van der Waals surface area contributed by atoms with Gasteiger partial charge in [-0.15, -0.1) is 0 Å². The fourth-order valence-electron chi connectivity index (χ4n) is 4.01. The summed E-state index contributed by atoms with van der Waals surface area (Å²) >= 11 is 0. The maximum atomic E-state index is 13.5. The van der Waals surface area contributed by atoms with Crippen LogP contribution in [0.1, 0.15) is 23.8 Å². The van der Waals surface area contributed by atoms with Crippen molar-refractivity contribution in [1.82, 2.24) is 4.57 Å². The third-order valence-electron chi connectivity index (χ3n) is 5.83. The first-order valence-corrected chi connectivity index (χ1v) is 11.3. The molecule has 1 N–H and O–H groups in total. The molecule has 0 aliphatic rings. The number of benzene rings is 3. The van der Waals surface area contributed by atoms with Gasteiger partial charge in [0.1, 0.15) is 11.4 Å². The van der Waals surface area contributed by atoms with Crippen molar-refractivity contribution in [2.45, 2.75) is 19.4 Å². The summed E-state index contributed by atoms with van der Waals surface area (Å²) in [6.45, 7) is 1.75. The van der Waals surface area contributed by atoms with Crippen LogP contribution >= 0.6 is 0 Å². The summed E-state index contributed by atoms with van der Waals surface area (Å²) in [6.07, 6.45) is -0.787. The van der Waals surface area contributed by atoms with Gasteiger partial charge in [-0.2, -0.15) is 0 Å². The van der Waals surface area contributed by atoms with Crippen molar-refractivity contribution >= 4 is 28.3 Å². The molecule has 0 bridgehead atoms. The number of methoxy groups -OCH3 is 1. The van der Waals surface area contributed by atoms with Crippen LogP contribution in [-0.4, -0.2) is 29.7 Å². The zero-order valence-electron chi connectivity index (χ0n) is 19.8. The van der Waals surface area contributed by atoms with Crippen molar-refractivity contribution in [1.29, 1.82) is 0 Å². The van der Waals surface area contributed by atoms with Crippen LogP contribution in [0, 0.1) is 0 Å². The molecule has 7 heteroatoms. The Hall–Kier alpha value is -4.39. The number of rotatable bonds is 7. The quantitative estimate of drug-likeness (QED) is 0.393. The lowest BCUT2D eigenvalue weighted by atomic mass is 9.97. The zero-order chi connectivity index (χ0) is 24.9. The Morgan fingerprint density at radius 1 is 0.914 bits per heavy atom. The first kappa shape index (κ1) is 23.8. The minimum Gasteiger partial charge on any atom is -0.497 e. The number of hydrogen-bond acceptors (Lipinski definition) is 5. The molecule has 4 rings (SSSR count). The highest BCUT2D eigenvalue weighted by Gasteiger charge is 2.27. The van der Waals surface area contributed by atoms with Gasteiger partial charge in [-0.05, 0) is 47.7 Å². The number of amides is 1. The smallest absolute Gasteiger partial charge is 0.356 e. The summed E-state index contributed by atoms with van der Waals surface area (Å²) in [5.74, 6) is -0.545. The van der Waals surface area contributed by atoms with Gasteiger partial charge in [-0.3, -0.25) is 9.59 Å². The Morgan fingerprint density at radius 2 is 1.54 bits per heavy atom. The van der Waals surface area contributed by atoms with Gasteiger partial charge < -0.3 is 19.4 Å². The van der Waals surface area contributed by atoms with E-state index in [2.05, 4.69) is 5.32 Å². The molecule has 0 radical (unpaired) electrons. The molecule has 1 atom stereocenters. The summed E-state index contributed by atoms with van der Waals surface area (Å²) in [5, 5.41) is 3.90. The molecule has 0 aliphatic carbocycles. The van der Waals surface area contributed by atoms with Crippen molar-refractivity contribution in [3.05, 3.63) is 94.9 Å². The molecule has 35 heavy (non-hydrogen) atoms. The fraction of sp³-hybridized carbons (Fsp3) is 0.179. The minimum absolute atomic E-state index is 0.0931. The lowest BCUT2D eigenvalue weighted by molar-refractivity contribution is -0.124. The van der Waals surface area contributed by atoms with Crippen molar-refractivity contribution < 1.29 is 19.1 Å². The van der Waals surface area contributed by atoms with Crippen molar-refractivity contribution in [3.8, 4) is 16.9 Å². The van der Waals surface area contributed by atoms with Gasteiger partial charge in [-0.1, -0.05) is 55.5 Å². The molecule has 1 unspecified atom stereocenters. The minimum atomic E-state index is -1.05. The molecular weight excluding hydrogens is 444 g/mol.